The maximum absolute atomic E-state index is 13.3. The number of ether oxygens (including phenoxy) is 2. The maximum atomic E-state index is 13.3. The van der Waals surface area contributed by atoms with Crippen LogP contribution in [-0.4, -0.2) is 53.3 Å². The van der Waals surface area contributed by atoms with E-state index in [0.717, 1.165) is 36.3 Å². The molecular weight excluding hydrogens is 499 g/mol. The molecule has 2 unspecified atom stereocenters. The molecule has 206 valence electrons. The molecule has 4 rings (SSSR count). The van der Waals surface area contributed by atoms with Crippen LogP contribution in [0.3, 0.4) is 0 Å². The molecular formula is C30H35FN4O4. The number of halogens is 1. The summed E-state index contributed by atoms with van der Waals surface area (Å²) in [6, 6.07) is 13.5. The maximum Gasteiger partial charge on any atom is 0.273 e. The Bertz CT molecular complexity index is 1360. The normalized spacial score (nSPS) is 17.3. The summed E-state index contributed by atoms with van der Waals surface area (Å²) in [5.74, 6) is 0.196. The zero-order valence-corrected chi connectivity index (χ0v) is 23.0. The van der Waals surface area contributed by atoms with Crippen LogP contribution in [0.5, 0.6) is 11.5 Å². The molecule has 1 aromatic heterocycles. The van der Waals surface area contributed by atoms with Crippen molar-refractivity contribution in [3.05, 3.63) is 76.9 Å². The molecule has 2 atom stereocenters. The third-order valence-corrected chi connectivity index (χ3v) is 7.16. The summed E-state index contributed by atoms with van der Waals surface area (Å²) < 4.78 is 26.5. The fraction of sp³-hybridized carbons (Fsp3) is 0.367. The Balaban J connectivity index is 1.39. The smallest absolute Gasteiger partial charge is 0.273 e. The number of benzene rings is 2. The molecule has 3 aromatic rings. The Labute approximate surface area is 228 Å². The van der Waals surface area contributed by atoms with E-state index in [0.29, 0.717) is 22.6 Å². The van der Waals surface area contributed by atoms with Crippen molar-refractivity contribution in [2.24, 2.45) is 5.10 Å². The van der Waals surface area contributed by atoms with E-state index in [1.165, 1.54) is 25.5 Å². The lowest BCUT2D eigenvalue weighted by Gasteiger charge is -2.39. The molecule has 0 radical (unpaired) electrons. The molecule has 1 aliphatic heterocycles. The number of hydrogen-bond acceptors (Lipinski definition) is 5. The Morgan fingerprint density at radius 3 is 2.41 bits per heavy atom. The van der Waals surface area contributed by atoms with Gasteiger partial charge < -0.3 is 18.9 Å². The molecule has 2 amide bonds. The van der Waals surface area contributed by atoms with Crippen LogP contribution in [0.15, 0.2) is 53.6 Å². The standard InChI is InChI=1S/C30H35FN4O4/c1-19-7-6-8-20(2)34(19)29(36)18-39-27-14-9-23(16-28(27)38-5)17-32-33-30(37)26-15-21(3)35(22(26)4)25-12-10-24(31)11-13-25/h9-17,19-20H,6-8,18H2,1-5H3,(H,33,37)/b32-17+. The topological polar surface area (TPSA) is 85.2 Å². The Kier molecular flexibility index (Phi) is 8.69. The van der Waals surface area contributed by atoms with E-state index in [1.807, 2.05) is 23.3 Å². The van der Waals surface area contributed by atoms with Gasteiger partial charge in [0.2, 0.25) is 0 Å². The summed E-state index contributed by atoms with van der Waals surface area (Å²) in [7, 11) is 1.53. The van der Waals surface area contributed by atoms with Gasteiger partial charge in [0.15, 0.2) is 18.1 Å². The number of nitrogens with one attached hydrogen (secondary N) is 1. The number of carbonyl (C=O) groups excluding carboxylic acids is 2. The van der Waals surface area contributed by atoms with Gasteiger partial charge in [0.25, 0.3) is 11.8 Å². The summed E-state index contributed by atoms with van der Waals surface area (Å²) in [5, 5.41) is 4.10. The van der Waals surface area contributed by atoms with Crippen molar-refractivity contribution in [3.63, 3.8) is 0 Å². The van der Waals surface area contributed by atoms with Gasteiger partial charge in [-0.2, -0.15) is 5.10 Å². The Hall–Kier alpha value is -4.14. The van der Waals surface area contributed by atoms with Crippen molar-refractivity contribution in [2.75, 3.05) is 13.7 Å². The van der Waals surface area contributed by atoms with Gasteiger partial charge >= 0.3 is 0 Å². The highest BCUT2D eigenvalue weighted by molar-refractivity contribution is 5.96. The molecule has 9 heteroatoms. The summed E-state index contributed by atoms with van der Waals surface area (Å²) in [6.45, 7) is 7.80. The van der Waals surface area contributed by atoms with Gasteiger partial charge in [-0.15, -0.1) is 0 Å². The highest BCUT2D eigenvalue weighted by Crippen LogP contribution is 2.29. The van der Waals surface area contributed by atoms with Crippen LogP contribution in [0.1, 0.15) is 60.4 Å². The largest absolute Gasteiger partial charge is 0.493 e. The van der Waals surface area contributed by atoms with Crippen molar-refractivity contribution in [1.82, 2.24) is 14.9 Å². The third-order valence-electron chi connectivity index (χ3n) is 7.16. The lowest BCUT2D eigenvalue weighted by molar-refractivity contribution is -0.139. The molecule has 0 bridgehead atoms. The number of aryl methyl sites for hydroxylation is 1. The van der Waals surface area contributed by atoms with Crippen molar-refractivity contribution in [2.45, 2.75) is 59.0 Å². The Morgan fingerprint density at radius 2 is 1.74 bits per heavy atom. The van der Waals surface area contributed by atoms with E-state index < -0.39 is 0 Å². The fourth-order valence-corrected chi connectivity index (χ4v) is 5.22. The molecule has 8 nitrogen and oxygen atoms in total. The number of nitrogens with zero attached hydrogens (tertiary/aromatic N) is 3. The first-order valence-corrected chi connectivity index (χ1v) is 13.1. The van der Waals surface area contributed by atoms with Crippen LogP contribution in [0.25, 0.3) is 5.69 Å². The number of amides is 2. The number of carbonyl (C=O) groups is 2. The van der Waals surface area contributed by atoms with Crippen LogP contribution >= 0.6 is 0 Å². The van der Waals surface area contributed by atoms with Gasteiger partial charge in [0.05, 0.1) is 18.9 Å². The number of hydrogen-bond donors (Lipinski definition) is 1. The third kappa shape index (κ3) is 6.30. The number of rotatable bonds is 8. The van der Waals surface area contributed by atoms with E-state index in [-0.39, 0.29) is 36.3 Å². The second-order valence-electron chi connectivity index (χ2n) is 9.92. The monoisotopic (exact) mass is 534 g/mol. The molecule has 1 fully saturated rings. The van der Waals surface area contributed by atoms with E-state index in [2.05, 4.69) is 24.4 Å². The second-order valence-corrected chi connectivity index (χ2v) is 9.92. The number of methoxy groups -OCH3 is 1. The van der Waals surface area contributed by atoms with Crippen molar-refractivity contribution >= 4 is 18.0 Å². The van der Waals surface area contributed by atoms with E-state index in [4.69, 9.17) is 9.47 Å². The van der Waals surface area contributed by atoms with Crippen LogP contribution in [0.2, 0.25) is 0 Å². The zero-order valence-electron chi connectivity index (χ0n) is 23.0. The van der Waals surface area contributed by atoms with Crippen molar-refractivity contribution in [1.29, 1.82) is 0 Å². The van der Waals surface area contributed by atoms with Gasteiger partial charge in [-0.05, 0) is 101 Å². The fourth-order valence-electron chi connectivity index (χ4n) is 5.22. The lowest BCUT2D eigenvalue weighted by atomic mass is 9.97. The van der Waals surface area contributed by atoms with Gasteiger partial charge in [-0.25, -0.2) is 9.82 Å². The first-order chi connectivity index (χ1) is 18.7. The van der Waals surface area contributed by atoms with Gasteiger partial charge in [0, 0.05) is 29.2 Å². The van der Waals surface area contributed by atoms with E-state index in [1.54, 1.807) is 36.4 Å². The van der Waals surface area contributed by atoms with Crippen molar-refractivity contribution in [3.8, 4) is 17.2 Å². The second kappa shape index (κ2) is 12.1. The molecule has 1 saturated heterocycles. The minimum Gasteiger partial charge on any atom is -0.493 e. The Morgan fingerprint density at radius 1 is 1.05 bits per heavy atom. The molecule has 2 aromatic carbocycles. The average Bonchev–Trinajstić information content (AvgIpc) is 3.21. The summed E-state index contributed by atoms with van der Waals surface area (Å²) in [6.07, 6.45) is 4.64. The van der Waals surface area contributed by atoms with Crippen LogP contribution in [0, 0.1) is 19.7 Å². The van der Waals surface area contributed by atoms with E-state index in [9.17, 15) is 14.0 Å². The highest BCUT2D eigenvalue weighted by Gasteiger charge is 2.29. The van der Waals surface area contributed by atoms with Crippen molar-refractivity contribution < 1.29 is 23.5 Å². The lowest BCUT2D eigenvalue weighted by Crippen LogP contribution is -2.49. The summed E-state index contributed by atoms with van der Waals surface area (Å²) in [4.78, 5) is 27.5. The molecule has 39 heavy (non-hydrogen) atoms. The van der Waals surface area contributed by atoms with Crippen LogP contribution < -0.4 is 14.9 Å². The predicted molar refractivity (Wildman–Crippen MR) is 148 cm³/mol. The first kappa shape index (κ1) is 27.9. The number of hydrazone groups is 1. The zero-order chi connectivity index (χ0) is 28.1. The SMILES string of the molecule is COc1cc(/C=N/NC(=O)c2cc(C)n(-c3ccc(F)cc3)c2C)ccc1OCC(=O)N1C(C)CCCC1C. The summed E-state index contributed by atoms with van der Waals surface area (Å²) in [5.41, 5.74) is 6.04. The average molecular weight is 535 g/mol. The molecule has 1 N–H and O–H groups in total. The minimum atomic E-state index is -0.362. The first-order valence-electron chi connectivity index (χ1n) is 13.1. The summed E-state index contributed by atoms with van der Waals surface area (Å²) >= 11 is 0. The van der Waals surface area contributed by atoms with Gasteiger partial charge in [-0.3, -0.25) is 9.59 Å². The molecule has 0 spiro atoms. The predicted octanol–water partition coefficient (Wildman–Crippen LogP) is 5.17. The number of piperidine rings is 1. The van der Waals surface area contributed by atoms with Crippen LogP contribution in [-0.2, 0) is 4.79 Å². The molecule has 1 aliphatic rings. The quantitative estimate of drug-likeness (QED) is 0.319. The highest BCUT2D eigenvalue weighted by atomic mass is 19.1. The van der Waals surface area contributed by atoms with Gasteiger partial charge in [0.1, 0.15) is 5.82 Å². The van der Waals surface area contributed by atoms with Gasteiger partial charge in [-0.1, -0.05) is 0 Å². The number of likely N-dealkylation sites (tertiary alicyclic amines) is 1. The van der Waals surface area contributed by atoms with Crippen LogP contribution in [0.4, 0.5) is 4.39 Å². The minimum absolute atomic E-state index is 0.0381. The molecule has 2 heterocycles. The molecule has 0 saturated carbocycles. The van der Waals surface area contributed by atoms with E-state index >= 15 is 0 Å². The molecule has 0 aliphatic carbocycles. The number of aromatic nitrogens is 1.